The van der Waals surface area contributed by atoms with E-state index in [9.17, 15) is 4.79 Å². The molecule has 4 heteroatoms. The van der Waals surface area contributed by atoms with E-state index in [2.05, 4.69) is 20.8 Å². The third-order valence-corrected chi connectivity index (χ3v) is 3.45. The van der Waals surface area contributed by atoms with Gasteiger partial charge in [0.25, 0.3) is 5.97 Å². The van der Waals surface area contributed by atoms with Gasteiger partial charge >= 0.3 is 0 Å². The molecule has 0 aromatic rings. The van der Waals surface area contributed by atoms with Gasteiger partial charge in [-0.15, -0.1) is 0 Å². The van der Waals surface area contributed by atoms with Gasteiger partial charge in [0.15, 0.2) is 0 Å². The van der Waals surface area contributed by atoms with E-state index in [-0.39, 0.29) is 54.7 Å². The molecule has 0 bridgehead atoms. The summed E-state index contributed by atoms with van der Waals surface area (Å²) in [5, 5.41) is 0. The summed E-state index contributed by atoms with van der Waals surface area (Å²) in [6, 6.07) is 0. The Hall–Kier alpha value is 0.482. The summed E-state index contributed by atoms with van der Waals surface area (Å²) in [5.74, 6) is 0.0534. The Labute approximate surface area is 122 Å². The van der Waals surface area contributed by atoms with Crippen LogP contribution in [0.3, 0.4) is 0 Å². The Kier molecular flexibility index (Phi) is 7.25. The van der Waals surface area contributed by atoms with Gasteiger partial charge in [-0.1, -0.05) is 20.8 Å². The molecule has 3 nitrogen and oxygen atoms in total. The predicted octanol–water partition coefficient (Wildman–Crippen LogP) is 2.70. The smallest absolute Gasteiger partial charge is 0.300 e. The molecule has 92 valence electrons. The van der Waals surface area contributed by atoms with Crippen LogP contribution in [0.4, 0.5) is 0 Å². The molecule has 1 heterocycles. The van der Waals surface area contributed by atoms with E-state index >= 15 is 0 Å². The maximum Gasteiger partial charge on any atom is 0.300 e. The van der Waals surface area contributed by atoms with Crippen molar-refractivity contribution in [1.82, 2.24) is 0 Å². The Morgan fingerprint density at radius 1 is 1.38 bits per heavy atom. The molecule has 0 unspecified atom stereocenters. The molecule has 0 aliphatic carbocycles. The molecule has 1 aliphatic heterocycles. The van der Waals surface area contributed by atoms with Crippen molar-refractivity contribution in [2.45, 2.75) is 58.7 Å². The van der Waals surface area contributed by atoms with Crippen molar-refractivity contribution in [3.63, 3.8) is 0 Å². The Morgan fingerprint density at radius 2 is 1.94 bits per heavy atom. The predicted molar refractivity (Wildman–Crippen MR) is 58.0 cm³/mol. The van der Waals surface area contributed by atoms with Crippen LogP contribution in [0.25, 0.3) is 0 Å². The second kappa shape index (κ2) is 7.04. The normalized spacial score (nSPS) is 27.2. The molecule has 1 fully saturated rings. The molecule has 1 aliphatic rings. The van der Waals surface area contributed by atoms with E-state index in [0.717, 1.165) is 19.3 Å². The van der Waals surface area contributed by atoms with Gasteiger partial charge in [0.05, 0.1) is 0 Å². The zero-order valence-corrected chi connectivity index (χ0v) is 14.7. The van der Waals surface area contributed by atoms with Crippen molar-refractivity contribution in [2.24, 2.45) is 5.92 Å². The Bertz CT molecular complexity index is 226. The minimum absolute atomic E-state index is 0. The van der Waals surface area contributed by atoms with Crippen LogP contribution >= 0.6 is 0 Å². The fraction of sp³-hybridized carbons (Fsp3) is 0.833. The molecule has 1 saturated heterocycles. The third kappa shape index (κ3) is 3.24. The first-order valence-corrected chi connectivity index (χ1v) is 5.78. The van der Waals surface area contributed by atoms with Crippen LogP contribution in [0.5, 0.6) is 0 Å². The van der Waals surface area contributed by atoms with Crippen molar-refractivity contribution in [1.29, 1.82) is 0 Å². The van der Waals surface area contributed by atoms with E-state index in [0.29, 0.717) is 0 Å². The van der Waals surface area contributed by atoms with Gasteiger partial charge < -0.3 is 9.47 Å². The van der Waals surface area contributed by atoms with Crippen molar-refractivity contribution < 1.29 is 45.4 Å². The van der Waals surface area contributed by atoms with Crippen molar-refractivity contribution in [2.75, 3.05) is 0 Å². The van der Waals surface area contributed by atoms with Crippen LogP contribution in [0.2, 0.25) is 0 Å². The summed E-state index contributed by atoms with van der Waals surface area (Å²) >= 11 is 0. The number of esters is 1. The van der Waals surface area contributed by atoms with E-state index in [1.54, 1.807) is 6.61 Å². The van der Waals surface area contributed by atoms with Crippen molar-refractivity contribution in [3.05, 3.63) is 6.61 Å². The molecular weight excluding hydrogens is 430 g/mol. The largest absolute Gasteiger partial charge is 0.544 e. The molecule has 0 aromatic heterocycles. The second-order valence-corrected chi connectivity index (χ2v) is 4.11. The maximum atomic E-state index is 11.0. The standard InChI is InChI=1S/C12H21O3.U/c1-5-10-11(15-9(4)13)8-14-12(10,6-2)7-3;/h8,10-11H,5-7H2,1-4H3;/q-1;/t10-,11-;/m0./s1. The van der Waals surface area contributed by atoms with E-state index in [4.69, 9.17) is 9.47 Å². The van der Waals surface area contributed by atoms with Gasteiger partial charge in [-0.25, -0.2) is 0 Å². The average Bonchev–Trinajstić information content (AvgIpc) is 2.55. The first-order valence-electron chi connectivity index (χ1n) is 5.78. The van der Waals surface area contributed by atoms with Gasteiger partial charge in [0.1, 0.15) is 0 Å². The van der Waals surface area contributed by atoms with Crippen LogP contribution in [0, 0.1) is 43.6 Å². The van der Waals surface area contributed by atoms with Crippen LogP contribution in [-0.2, 0) is 14.3 Å². The third-order valence-electron chi connectivity index (χ3n) is 3.45. The summed E-state index contributed by atoms with van der Waals surface area (Å²) in [6.45, 7) is 9.50. The van der Waals surface area contributed by atoms with Crippen LogP contribution in [-0.4, -0.2) is 17.7 Å². The molecular formula is C12H21O3U-. The second-order valence-electron chi connectivity index (χ2n) is 4.11. The molecule has 0 saturated carbocycles. The first kappa shape index (κ1) is 16.5. The zero-order chi connectivity index (χ0) is 11.5. The monoisotopic (exact) mass is 451 g/mol. The van der Waals surface area contributed by atoms with Gasteiger partial charge in [-0.3, -0.25) is 4.79 Å². The molecule has 0 radical (unpaired) electrons. The maximum absolute atomic E-state index is 11.0. The summed E-state index contributed by atoms with van der Waals surface area (Å²) in [4.78, 5) is 11.0. The average molecular weight is 451 g/mol. The number of carbonyl (C=O) groups is 1. The summed E-state index contributed by atoms with van der Waals surface area (Å²) in [6.07, 6.45) is 2.70. The van der Waals surface area contributed by atoms with Gasteiger partial charge in [0, 0.05) is 49.7 Å². The zero-order valence-electron chi connectivity index (χ0n) is 10.6. The minimum Gasteiger partial charge on any atom is -0.544 e. The topological polar surface area (TPSA) is 35.5 Å². The number of hydrogen-bond acceptors (Lipinski definition) is 3. The van der Waals surface area contributed by atoms with Gasteiger partial charge in [-0.2, -0.15) is 6.61 Å². The van der Waals surface area contributed by atoms with Gasteiger partial charge in [-0.05, 0) is 25.2 Å². The molecule has 0 N–H and O–H groups in total. The number of carbonyl (C=O) groups excluding carboxylic acids is 1. The molecule has 2 atom stereocenters. The number of hydrogen-bond donors (Lipinski definition) is 0. The fourth-order valence-corrected chi connectivity index (χ4v) is 2.53. The van der Waals surface area contributed by atoms with Crippen LogP contribution < -0.4 is 0 Å². The quantitative estimate of drug-likeness (QED) is 0.487. The SMILES string of the molecule is CC[C@H]1[C@@H](OC(C)=O)[CH-]OC1(CC)CC.[U]. The van der Waals surface area contributed by atoms with Crippen LogP contribution in [0.1, 0.15) is 47.0 Å². The van der Waals surface area contributed by atoms with E-state index < -0.39 is 0 Å². The van der Waals surface area contributed by atoms with Crippen LogP contribution in [0.15, 0.2) is 0 Å². The molecule has 16 heavy (non-hydrogen) atoms. The van der Waals surface area contributed by atoms with Crippen molar-refractivity contribution in [3.8, 4) is 0 Å². The number of rotatable bonds is 4. The Balaban J connectivity index is 0.00000225. The summed E-state index contributed by atoms with van der Waals surface area (Å²) < 4.78 is 11.0. The van der Waals surface area contributed by atoms with E-state index in [1.807, 2.05) is 0 Å². The summed E-state index contributed by atoms with van der Waals surface area (Å²) in [7, 11) is 0. The van der Waals surface area contributed by atoms with Gasteiger partial charge in [0.2, 0.25) is 0 Å². The molecule has 0 aromatic carbocycles. The Morgan fingerprint density at radius 3 is 2.31 bits per heavy atom. The minimum atomic E-state index is -0.235. The fourth-order valence-electron chi connectivity index (χ4n) is 2.53. The molecule has 0 spiro atoms. The first-order chi connectivity index (χ1) is 7.09. The number of ether oxygens (including phenoxy) is 2. The van der Waals surface area contributed by atoms with E-state index in [1.165, 1.54) is 6.92 Å². The molecule has 1 rings (SSSR count). The summed E-state index contributed by atoms with van der Waals surface area (Å²) in [5.41, 5.74) is -0.130. The van der Waals surface area contributed by atoms with Crippen molar-refractivity contribution >= 4 is 5.97 Å². The molecule has 0 amide bonds.